The number of rotatable bonds is 6. The Morgan fingerprint density at radius 1 is 0.970 bits per heavy atom. The Morgan fingerprint density at radius 2 is 1.70 bits per heavy atom. The summed E-state index contributed by atoms with van der Waals surface area (Å²) in [6, 6.07) is 18.1. The second-order valence-corrected chi connectivity index (χ2v) is 8.62. The van der Waals surface area contributed by atoms with Crippen LogP contribution in [0.2, 0.25) is 0 Å². The number of alkyl halides is 3. The maximum atomic E-state index is 13.0. The summed E-state index contributed by atoms with van der Waals surface area (Å²) in [6.07, 6.45) is -4.73. The predicted octanol–water partition coefficient (Wildman–Crippen LogP) is 5.78. The monoisotopic (exact) mass is 454 g/mol. The van der Waals surface area contributed by atoms with Crippen LogP contribution < -0.4 is 4.74 Å². The summed E-state index contributed by atoms with van der Waals surface area (Å²) in [5, 5.41) is 0. The Morgan fingerprint density at radius 3 is 2.36 bits per heavy atom. The van der Waals surface area contributed by atoms with Crippen molar-refractivity contribution >= 4 is 5.91 Å². The molecule has 1 amide bonds. The third kappa shape index (κ3) is 5.37. The molecular formula is C26H25F3N2O2. The van der Waals surface area contributed by atoms with Crippen molar-refractivity contribution in [1.29, 1.82) is 0 Å². The van der Waals surface area contributed by atoms with Crippen LogP contribution >= 0.6 is 0 Å². The first-order valence-corrected chi connectivity index (χ1v) is 10.6. The minimum Gasteiger partial charge on any atom is -0.406 e. The zero-order valence-corrected chi connectivity index (χ0v) is 18.7. The van der Waals surface area contributed by atoms with Crippen LogP contribution in [0.1, 0.15) is 32.6 Å². The highest BCUT2D eigenvalue weighted by Gasteiger charge is 2.32. The molecule has 0 bridgehead atoms. The van der Waals surface area contributed by atoms with Gasteiger partial charge < -0.3 is 14.5 Å². The summed E-state index contributed by atoms with van der Waals surface area (Å²) in [4.78, 5) is 16.9. The molecule has 0 unspecified atom stereocenters. The fraction of sp³-hybridized carbons (Fsp3) is 0.269. The van der Waals surface area contributed by atoms with Crippen molar-refractivity contribution in [3.05, 3.63) is 88.5 Å². The number of benzene rings is 3. The number of fused-ring (bicyclic) bond motifs is 1. The van der Waals surface area contributed by atoms with Crippen molar-refractivity contribution in [3.63, 3.8) is 0 Å². The molecule has 4 rings (SSSR count). The van der Waals surface area contributed by atoms with Gasteiger partial charge in [0.25, 0.3) is 5.91 Å². The van der Waals surface area contributed by atoms with Gasteiger partial charge in [-0.05, 0) is 78.7 Å². The molecule has 0 fully saturated rings. The Bertz CT molecular complexity index is 1170. The van der Waals surface area contributed by atoms with Gasteiger partial charge in [0.05, 0.1) is 0 Å². The van der Waals surface area contributed by atoms with Crippen molar-refractivity contribution in [2.75, 3.05) is 14.1 Å². The molecule has 0 saturated heterocycles. The van der Waals surface area contributed by atoms with Crippen LogP contribution in [0.5, 0.6) is 5.75 Å². The number of hydrogen-bond donors (Lipinski definition) is 0. The second-order valence-electron chi connectivity index (χ2n) is 8.62. The Hall–Kier alpha value is -3.32. The third-order valence-corrected chi connectivity index (χ3v) is 5.57. The standard InChI is InChI=1S/C26H25F3N2O2/c1-17-11-21(20-6-4-5-19(12-20)14-30(2)3)13-22-16-31(25(32)24(17)22)15-18-7-9-23(10-8-18)33-26(27,28)29/h4-13H,14-16H2,1-3H3. The van der Waals surface area contributed by atoms with E-state index >= 15 is 0 Å². The average molecular weight is 454 g/mol. The average Bonchev–Trinajstić information content (AvgIpc) is 3.04. The minimum atomic E-state index is -4.73. The Labute approximate surface area is 191 Å². The lowest BCUT2D eigenvalue weighted by molar-refractivity contribution is -0.274. The molecule has 0 atom stereocenters. The smallest absolute Gasteiger partial charge is 0.406 e. The normalized spacial score (nSPS) is 13.5. The molecule has 3 aromatic rings. The van der Waals surface area contributed by atoms with E-state index in [-0.39, 0.29) is 11.7 Å². The van der Waals surface area contributed by atoms with Gasteiger partial charge in [-0.25, -0.2) is 0 Å². The first kappa shape index (κ1) is 22.9. The summed E-state index contributed by atoms with van der Waals surface area (Å²) in [7, 11) is 4.06. The topological polar surface area (TPSA) is 32.8 Å². The van der Waals surface area contributed by atoms with Gasteiger partial charge in [0, 0.05) is 25.2 Å². The largest absolute Gasteiger partial charge is 0.573 e. The SMILES string of the molecule is Cc1cc(-c2cccc(CN(C)C)c2)cc2c1C(=O)N(Cc1ccc(OC(F)(F)F)cc1)C2. The van der Waals surface area contributed by atoms with Crippen LogP contribution in [0, 0.1) is 6.92 Å². The van der Waals surface area contributed by atoms with E-state index in [4.69, 9.17) is 0 Å². The number of nitrogens with zero attached hydrogens (tertiary/aromatic N) is 2. The zero-order chi connectivity index (χ0) is 23.8. The molecule has 33 heavy (non-hydrogen) atoms. The number of carbonyl (C=O) groups is 1. The van der Waals surface area contributed by atoms with Crippen molar-refractivity contribution in [2.45, 2.75) is 32.9 Å². The molecule has 1 aliphatic rings. The van der Waals surface area contributed by atoms with Gasteiger partial charge in [0.1, 0.15) is 5.75 Å². The van der Waals surface area contributed by atoms with E-state index in [1.165, 1.54) is 17.7 Å². The molecule has 3 aromatic carbocycles. The second kappa shape index (κ2) is 8.90. The van der Waals surface area contributed by atoms with Crippen molar-refractivity contribution < 1.29 is 22.7 Å². The molecule has 4 nitrogen and oxygen atoms in total. The number of halogens is 3. The number of carbonyl (C=O) groups excluding carboxylic acids is 1. The lowest BCUT2D eigenvalue weighted by atomic mass is 9.95. The van der Waals surface area contributed by atoms with Crippen LogP contribution in [0.15, 0.2) is 60.7 Å². The van der Waals surface area contributed by atoms with Crippen LogP contribution in [0.3, 0.4) is 0 Å². The van der Waals surface area contributed by atoms with Gasteiger partial charge in [-0.2, -0.15) is 0 Å². The summed E-state index contributed by atoms with van der Waals surface area (Å²) in [5.41, 5.74) is 6.71. The summed E-state index contributed by atoms with van der Waals surface area (Å²) < 4.78 is 41.0. The van der Waals surface area contributed by atoms with Crippen molar-refractivity contribution in [1.82, 2.24) is 9.80 Å². The molecule has 0 radical (unpaired) electrons. The first-order chi connectivity index (χ1) is 15.6. The molecule has 7 heteroatoms. The van der Waals surface area contributed by atoms with Crippen LogP contribution in [0.4, 0.5) is 13.2 Å². The fourth-order valence-corrected chi connectivity index (χ4v) is 4.25. The van der Waals surface area contributed by atoms with E-state index in [2.05, 4.69) is 33.9 Å². The zero-order valence-electron chi connectivity index (χ0n) is 18.7. The van der Waals surface area contributed by atoms with E-state index < -0.39 is 6.36 Å². The summed E-state index contributed by atoms with van der Waals surface area (Å²) in [6.45, 7) is 3.56. The molecule has 0 N–H and O–H groups in total. The Balaban J connectivity index is 1.53. The highest BCUT2D eigenvalue weighted by atomic mass is 19.4. The highest BCUT2D eigenvalue weighted by molar-refractivity contribution is 6.00. The van der Waals surface area contributed by atoms with Crippen LogP contribution in [0.25, 0.3) is 11.1 Å². The number of amides is 1. The molecule has 1 heterocycles. The van der Waals surface area contributed by atoms with Gasteiger partial charge in [0.2, 0.25) is 0 Å². The van der Waals surface area contributed by atoms with Gasteiger partial charge >= 0.3 is 6.36 Å². The van der Waals surface area contributed by atoms with E-state index in [0.29, 0.717) is 18.7 Å². The first-order valence-electron chi connectivity index (χ1n) is 10.6. The third-order valence-electron chi connectivity index (χ3n) is 5.57. The molecule has 0 spiro atoms. The fourth-order valence-electron chi connectivity index (χ4n) is 4.25. The molecule has 0 aliphatic carbocycles. The summed E-state index contributed by atoms with van der Waals surface area (Å²) >= 11 is 0. The van der Waals surface area contributed by atoms with Crippen LogP contribution in [-0.4, -0.2) is 36.2 Å². The van der Waals surface area contributed by atoms with E-state index in [1.807, 2.05) is 33.2 Å². The lowest BCUT2D eigenvalue weighted by Gasteiger charge is -2.16. The Kier molecular flexibility index (Phi) is 6.17. The number of ether oxygens (including phenoxy) is 1. The quantitative estimate of drug-likeness (QED) is 0.474. The minimum absolute atomic E-state index is 0.0639. The lowest BCUT2D eigenvalue weighted by Crippen LogP contribution is -2.23. The predicted molar refractivity (Wildman–Crippen MR) is 121 cm³/mol. The van der Waals surface area contributed by atoms with Crippen molar-refractivity contribution in [2.24, 2.45) is 0 Å². The molecule has 0 aromatic heterocycles. The van der Waals surface area contributed by atoms with Gasteiger partial charge in [-0.3, -0.25) is 4.79 Å². The van der Waals surface area contributed by atoms with Gasteiger partial charge in [-0.15, -0.1) is 13.2 Å². The van der Waals surface area contributed by atoms with E-state index in [1.54, 1.807) is 17.0 Å². The highest BCUT2D eigenvalue weighted by Crippen LogP contribution is 2.33. The van der Waals surface area contributed by atoms with Gasteiger partial charge in [0.15, 0.2) is 0 Å². The molecule has 0 saturated carbocycles. The maximum Gasteiger partial charge on any atom is 0.573 e. The molecular weight excluding hydrogens is 429 g/mol. The van der Waals surface area contributed by atoms with Gasteiger partial charge in [-0.1, -0.05) is 36.4 Å². The molecule has 1 aliphatic heterocycles. The summed E-state index contributed by atoms with van der Waals surface area (Å²) in [5.74, 6) is -0.342. The van der Waals surface area contributed by atoms with Crippen molar-refractivity contribution in [3.8, 4) is 16.9 Å². The number of aryl methyl sites for hydroxylation is 1. The van der Waals surface area contributed by atoms with E-state index in [9.17, 15) is 18.0 Å². The maximum absolute atomic E-state index is 13.0. The van der Waals surface area contributed by atoms with Crippen LogP contribution in [-0.2, 0) is 19.6 Å². The number of hydrogen-bond acceptors (Lipinski definition) is 3. The molecule has 172 valence electrons. The van der Waals surface area contributed by atoms with E-state index in [0.717, 1.165) is 34.4 Å².